The normalized spacial score (nSPS) is 21.4. The molecule has 25 heavy (non-hydrogen) atoms. The SMILES string of the molecule is CSCCC(NC(=O)c1cccc(C)c1)C(=O)NC1CCC(O)CC1. The number of nitrogens with one attached hydrogen (secondary N) is 2. The van der Waals surface area contributed by atoms with Gasteiger partial charge in [-0.1, -0.05) is 17.7 Å². The van der Waals surface area contributed by atoms with E-state index in [9.17, 15) is 14.7 Å². The van der Waals surface area contributed by atoms with Gasteiger partial charge in [0.05, 0.1) is 6.10 Å². The molecule has 2 rings (SSSR count). The maximum absolute atomic E-state index is 12.6. The zero-order chi connectivity index (χ0) is 18.2. The molecule has 0 bridgehead atoms. The summed E-state index contributed by atoms with van der Waals surface area (Å²) in [6, 6.07) is 6.91. The Balaban J connectivity index is 1.97. The Morgan fingerprint density at radius 2 is 2.00 bits per heavy atom. The zero-order valence-corrected chi connectivity index (χ0v) is 15.8. The Labute approximate surface area is 154 Å². The van der Waals surface area contributed by atoms with Gasteiger partial charge >= 0.3 is 0 Å². The van der Waals surface area contributed by atoms with Crippen LogP contribution in [0.2, 0.25) is 0 Å². The van der Waals surface area contributed by atoms with Crippen molar-refractivity contribution < 1.29 is 14.7 Å². The van der Waals surface area contributed by atoms with Gasteiger partial charge in [0.1, 0.15) is 6.04 Å². The molecule has 1 saturated carbocycles. The van der Waals surface area contributed by atoms with Crippen molar-refractivity contribution in [1.29, 1.82) is 0 Å². The predicted molar refractivity (Wildman–Crippen MR) is 102 cm³/mol. The van der Waals surface area contributed by atoms with Crippen molar-refractivity contribution >= 4 is 23.6 Å². The van der Waals surface area contributed by atoms with Crippen LogP contribution >= 0.6 is 11.8 Å². The summed E-state index contributed by atoms with van der Waals surface area (Å²) >= 11 is 1.65. The molecule has 1 aliphatic rings. The molecule has 0 radical (unpaired) electrons. The van der Waals surface area contributed by atoms with E-state index < -0.39 is 6.04 Å². The molecule has 3 N–H and O–H groups in total. The van der Waals surface area contributed by atoms with E-state index in [1.54, 1.807) is 17.8 Å². The van der Waals surface area contributed by atoms with Gasteiger partial charge in [-0.3, -0.25) is 9.59 Å². The van der Waals surface area contributed by atoms with E-state index >= 15 is 0 Å². The highest BCUT2D eigenvalue weighted by atomic mass is 32.2. The molecule has 0 spiro atoms. The van der Waals surface area contributed by atoms with E-state index in [0.717, 1.165) is 37.0 Å². The molecular formula is C19H28N2O3S. The summed E-state index contributed by atoms with van der Waals surface area (Å²) in [6.07, 6.45) is 5.34. The summed E-state index contributed by atoms with van der Waals surface area (Å²) in [5.74, 6) is 0.454. The highest BCUT2D eigenvalue weighted by molar-refractivity contribution is 7.98. The van der Waals surface area contributed by atoms with Crippen LogP contribution in [0.25, 0.3) is 0 Å². The number of carbonyl (C=O) groups is 2. The third-order valence-corrected chi connectivity index (χ3v) is 5.20. The second-order valence-electron chi connectivity index (χ2n) is 6.69. The van der Waals surface area contributed by atoms with Gasteiger partial charge in [-0.2, -0.15) is 11.8 Å². The van der Waals surface area contributed by atoms with Crippen molar-refractivity contribution in [1.82, 2.24) is 10.6 Å². The number of hydrogen-bond donors (Lipinski definition) is 3. The number of amides is 2. The van der Waals surface area contributed by atoms with E-state index in [2.05, 4.69) is 10.6 Å². The quantitative estimate of drug-likeness (QED) is 0.693. The maximum atomic E-state index is 12.6. The number of thioether (sulfide) groups is 1. The van der Waals surface area contributed by atoms with E-state index in [1.807, 2.05) is 31.4 Å². The molecule has 138 valence electrons. The minimum atomic E-state index is -0.535. The molecule has 1 unspecified atom stereocenters. The molecule has 2 amide bonds. The van der Waals surface area contributed by atoms with Crippen molar-refractivity contribution in [3.8, 4) is 0 Å². The average molecular weight is 365 g/mol. The lowest BCUT2D eigenvalue weighted by molar-refractivity contribution is -0.124. The Kier molecular flexibility index (Phi) is 7.78. The van der Waals surface area contributed by atoms with Crippen LogP contribution in [0.1, 0.15) is 48.0 Å². The molecule has 0 heterocycles. The number of aliphatic hydroxyl groups excluding tert-OH is 1. The van der Waals surface area contributed by atoms with Gasteiger partial charge in [0.25, 0.3) is 5.91 Å². The van der Waals surface area contributed by atoms with Crippen LogP contribution in [0, 0.1) is 6.92 Å². The third-order valence-electron chi connectivity index (χ3n) is 4.56. The van der Waals surface area contributed by atoms with Crippen LogP contribution in [0.4, 0.5) is 0 Å². The highest BCUT2D eigenvalue weighted by Crippen LogP contribution is 2.18. The summed E-state index contributed by atoms with van der Waals surface area (Å²) < 4.78 is 0. The van der Waals surface area contributed by atoms with Gasteiger partial charge in [-0.25, -0.2) is 0 Å². The monoisotopic (exact) mass is 364 g/mol. The van der Waals surface area contributed by atoms with Crippen molar-refractivity contribution in [2.24, 2.45) is 0 Å². The number of benzene rings is 1. The molecule has 1 fully saturated rings. The number of carbonyl (C=O) groups excluding carboxylic acids is 2. The molecule has 0 aromatic heterocycles. The minimum Gasteiger partial charge on any atom is -0.393 e. The fourth-order valence-electron chi connectivity index (χ4n) is 3.05. The predicted octanol–water partition coefficient (Wildman–Crippen LogP) is 2.27. The average Bonchev–Trinajstić information content (AvgIpc) is 2.60. The first-order valence-corrected chi connectivity index (χ1v) is 10.2. The summed E-state index contributed by atoms with van der Waals surface area (Å²) in [5, 5.41) is 15.5. The molecule has 5 nitrogen and oxygen atoms in total. The molecule has 1 aromatic carbocycles. The first-order chi connectivity index (χ1) is 12.0. The van der Waals surface area contributed by atoms with E-state index in [1.165, 1.54) is 0 Å². The lowest BCUT2D eigenvalue weighted by atomic mass is 9.93. The molecule has 1 aromatic rings. The maximum Gasteiger partial charge on any atom is 0.251 e. The van der Waals surface area contributed by atoms with E-state index in [0.29, 0.717) is 12.0 Å². The number of aliphatic hydroxyl groups is 1. The van der Waals surface area contributed by atoms with Crippen LogP contribution in [-0.2, 0) is 4.79 Å². The highest BCUT2D eigenvalue weighted by Gasteiger charge is 2.26. The Hall–Kier alpha value is -1.53. The number of rotatable bonds is 7. The summed E-state index contributed by atoms with van der Waals surface area (Å²) in [6.45, 7) is 1.94. The van der Waals surface area contributed by atoms with Crippen molar-refractivity contribution in [2.45, 2.75) is 57.2 Å². The van der Waals surface area contributed by atoms with Gasteiger partial charge in [0.15, 0.2) is 0 Å². The lowest BCUT2D eigenvalue weighted by Gasteiger charge is -2.28. The Morgan fingerprint density at radius 3 is 2.64 bits per heavy atom. The van der Waals surface area contributed by atoms with Gasteiger partial charge in [-0.15, -0.1) is 0 Å². The van der Waals surface area contributed by atoms with Crippen LogP contribution in [0.15, 0.2) is 24.3 Å². The molecule has 0 saturated heterocycles. The minimum absolute atomic E-state index is 0.0866. The second-order valence-corrected chi connectivity index (χ2v) is 7.68. The molecule has 1 atom stereocenters. The Morgan fingerprint density at radius 1 is 1.28 bits per heavy atom. The molecule has 1 aliphatic carbocycles. The van der Waals surface area contributed by atoms with Crippen LogP contribution in [0.5, 0.6) is 0 Å². The smallest absolute Gasteiger partial charge is 0.251 e. The first kappa shape index (κ1) is 19.8. The van der Waals surface area contributed by atoms with Crippen LogP contribution in [0.3, 0.4) is 0 Å². The third kappa shape index (κ3) is 6.36. The number of aryl methyl sites for hydroxylation is 1. The molecule has 0 aliphatic heterocycles. The fourth-order valence-corrected chi connectivity index (χ4v) is 3.53. The van der Waals surface area contributed by atoms with Gasteiger partial charge < -0.3 is 15.7 Å². The summed E-state index contributed by atoms with van der Waals surface area (Å²) in [5.41, 5.74) is 1.58. The molecular weight excluding hydrogens is 336 g/mol. The lowest BCUT2D eigenvalue weighted by Crippen LogP contribution is -2.50. The van der Waals surface area contributed by atoms with Crippen LogP contribution in [-0.4, -0.2) is 47.1 Å². The largest absolute Gasteiger partial charge is 0.393 e. The zero-order valence-electron chi connectivity index (χ0n) is 15.0. The van der Waals surface area contributed by atoms with E-state index in [4.69, 9.17) is 0 Å². The summed E-state index contributed by atoms with van der Waals surface area (Å²) in [4.78, 5) is 25.1. The fraction of sp³-hybridized carbons (Fsp3) is 0.579. The van der Waals surface area contributed by atoms with Crippen LogP contribution < -0.4 is 10.6 Å². The summed E-state index contributed by atoms with van der Waals surface area (Å²) in [7, 11) is 0. The van der Waals surface area contributed by atoms with Gasteiger partial charge in [0.2, 0.25) is 5.91 Å². The first-order valence-electron chi connectivity index (χ1n) is 8.84. The van der Waals surface area contributed by atoms with E-state index in [-0.39, 0.29) is 24.0 Å². The molecule has 6 heteroatoms. The second kappa shape index (κ2) is 9.82. The number of hydrogen-bond acceptors (Lipinski definition) is 4. The topological polar surface area (TPSA) is 78.4 Å². The van der Waals surface area contributed by atoms with Crippen molar-refractivity contribution in [3.63, 3.8) is 0 Å². The van der Waals surface area contributed by atoms with Crippen molar-refractivity contribution in [2.75, 3.05) is 12.0 Å². The standard InChI is InChI=1S/C19H28N2O3S/c1-13-4-3-5-14(12-13)18(23)21-17(10-11-25-2)19(24)20-15-6-8-16(22)9-7-15/h3-5,12,15-17,22H,6-11H2,1-2H3,(H,20,24)(H,21,23). The van der Waals surface area contributed by atoms with Gasteiger partial charge in [-0.05, 0) is 63.2 Å². The van der Waals surface area contributed by atoms with Crippen molar-refractivity contribution in [3.05, 3.63) is 35.4 Å². The Bertz CT molecular complexity index is 586. The van der Waals surface area contributed by atoms with Gasteiger partial charge in [0, 0.05) is 11.6 Å².